The molecule has 0 radical (unpaired) electrons. The number of nitrogens with zero attached hydrogens (tertiary/aromatic N) is 2. The van der Waals surface area contributed by atoms with Crippen molar-refractivity contribution in [3.8, 4) is 22.8 Å². The molecule has 1 aromatic carbocycles. The molecule has 0 bridgehead atoms. The zero-order valence-corrected chi connectivity index (χ0v) is 18.2. The highest BCUT2D eigenvalue weighted by molar-refractivity contribution is 6.07. The van der Waals surface area contributed by atoms with Crippen LogP contribution >= 0.6 is 0 Å². The lowest BCUT2D eigenvalue weighted by Gasteiger charge is -2.18. The van der Waals surface area contributed by atoms with E-state index in [0.717, 1.165) is 34.1 Å². The van der Waals surface area contributed by atoms with Crippen LogP contribution < -0.4 is 14.8 Å². The summed E-state index contributed by atoms with van der Waals surface area (Å²) in [6, 6.07) is 9.51. The predicted molar refractivity (Wildman–Crippen MR) is 117 cm³/mol. The Morgan fingerprint density at radius 1 is 1.06 bits per heavy atom. The zero-order chi connectivity index (χ0) is 22.2. The standard InChI is InChI=1S/C24H23N3O5/c1-13-10-17(15(3)31-13)19-12-18(22-14(2)27-32-24(22)26-19)23(28)25-7-6-16-4-5-20-21(11-16)30-9-8-29-20/h4-5,10-12H,6-9H2,1-3H3,(H,25,28). The fourth-order valence-corrected chi connectivity index (χ4v) is 3.96. The Hall–Kier alpha value is -3.81. The first-order valence-electron chi connectivity index (χ1n) is 10.5. The number of hydrogen-bond acceptors (Lipinski definition) is 7. The summed E-state index contributed by atoms with van der Waals surface area (Å²) in [5.41, 5.74) is 3.92. The topological polar surface area (TPSA) is 99.6 Å². The number of amides is 1. The molecule has 0 spiro atoms. The monoisotopic (exact) mass is 433 g/mol. The molecule has 0 saturated heterocycles. The van der Waals surface area contributed by atoms with Crippen molar-refractivity contribution in [2.24, 2.45) is 0 Å². The van der Waals surface area contributed by atoms with E-state index in [0.29, 0.717) is 54.2 Å². The van der Waals surface area contributed by atoms with Crippen LogP contribution in [0.4, 0.5) is 0 Å². The second kappa shape index (κ2) is 8.03. The molecular weight excluding hydrogens is 410 g/mol. The summed E-state index contributed by atoms with van der Waals surface area (Å²) in [6.07, 6.45) is 0.659. The van der Waals surface area contributed by atoms with Crippen molar-refractivity contribution in [2.45, 2.75) is 27.2 Å². The van der Waals surface area contributed by atoms with Crippen LogP contribution in [0.1, 0.15) is 33.1 Å². The van der Waals surface area contributed by atoms with Crippen LogP contribution in [0.3, 0.4) is 0 Å². The number of ether oxygens (including phenoxy) is 2. The largest absolute Gasteiger partial charge is 0.486 e. The number of rotatable bonds is 5. The van der Waals surface area contributed by atoms with Gasteiger partial charge in [0, 0.05) is 12.1 Å². The van der Waals surface area contributed by atoms with Crippen LogP contribution in [-0.4, -0.2) is 35.8 Å². The van der Waals surface area contributed by atoms with E-state index in [1.807, 2.05) is 38.1 Å². The maximum absolute atomic E-state index is 13.1. The smallest absolute Gasteiger partial charge is 0.259 e. The highest BCUT2D eigenvalue weighted by Gasteiger charge is 2.21. The second-order valence-electron chi connectivity index (χ2n) is 7.81. The number of fused-ring (bicyclic) bond motifs is 2. The van der Waals surface area contributed by atoms with Gasteiger partial charge in [-0.1, -0.05) is 11.2 Å². The van der Waals surface area contributed by atoms with Gasteiger partial charge in [0.05, 0.1) is 22.3 Å². The molecule has 8 heteroatoms. The zero-order valence-electron chi connectivity index (χ0n) is 18.2. The Labute approximate surface area is 184 Å². The van der Waals surface area contributed by atoms with E-state index in [-0.39, 0.29) is 5.91 Å². The van der Waals surface area contributed by atoms with Gasteiger partial charge in [0.1, 0.15) is 24.7 Å². The molecule has 1 aliphatic rings. The van der Waals surface area contributed by atoms with Gasteiger partial charge in [0.2, 0.25) is 0 Å². The molecule has 0 fully saturated rings. The third kappa shape index (κ3) is 3.68. The van der Waals surface area contributed by atoms with Crippen molar-refractivity contribution in [1.29, 1.82) is 0 Å². The van der Waals surface area contributed by atoms with Crippen LogP contribution in [0, 0.1) is 20.8 Å². The van der Waals surface area contributed by atoms with Gasteiger partial charge < -0.3 is 23.7 Å². The number of aromatic nitrogens is 2. The Balaban J connectivity index is 1.38. The predicted octanol–water partition coefficient (Wildman–Crippen LogP) is 4.15. The lowest BCUT2D eigenvalue weighted by Crippen LogP contribution is -2.26. The molecule has 0 unspecified atom stereocenters. The van der Waals surface area contributed by atoms with Crippen LogP contribution in [0.15, 0.2) is 39.3 Å². The van der Waals surface area contributed by atoms with Crippen LogP contribution in [0.25, 0.3) is 22.4 Å². The van der Waals surface area contributed by atoms with Crippen molar-refractivity contribution in [3.63, 3.8) is 0 Å². The number of benzene rings is 1. The molecule has 1 amide bonds. The molecule has 3 aromatic heterocycles. The van der Waals surface area contributed by atoms with E-state index in [1.54, 1.807) is 13.0 Å². The normalized spacial score (nSPS) is 12.8. The second-order valence-corrected chi connectivity index (χ2v) is 7.81. The van der Waals surface area contributed by atoms with Crippen LogP contribution in [-0.2, 0) is 6.42 Å². The SMILES string of the molecule is Cc1cc(-c2cc(C(=O)NCCc3ccc4c(c3)OCCO4)c3c(C)noc3n2)c(C)o1. The van der Waals surface area contributed by atoms with E-state index in [1.165, 1.54) is 0 Å². The lowest BCUT2D eigenvalue weighted by atomic mass is 10.1. The van der Waals surface area contributed by atoms with Crippen molar-refractivity contribution >= 4 is 17.0 Å². The van der Waals surface area contributed by atoms with E-state index in [2.05, 4.69) is 15.5 Å². The molecule has 5 rings (SSSR count). The number of carbonyl (C=O) groups excluding carboxylic acids is 1. The van der Waals surface area contributed by atoms with Crippen molar-refractivity contribution < 1.29 is 23.2 Å². The minimum atomic E-state index is -0.208. The first-order valence-corrected chi connectivity index (χ1v) is 10.5. The Morgan fingerprint density at radius 3 is 2.66 bits per heavy atom. The minimum Gasteiger partial charge on any atom is -0.486 e. The van der Waals surface area contributed by atoms with E-state index >= 15 is 0 Å². The van der Waals surface area contributed by atoms with Gasteiger partial charge in [0.15, 0.2) is 11.5 Å². The lowest BCUT2D eigenvalue weighted by molar-refractivity contribution is 0.0955. The van der Waals surface area contributed by atoms with Crippen LogP contribution in [0.5, 0.6) is 11.5 Å². The van der Waals surface area contributed by atoms with Gasteiger partial charge in [-0.15, -0.1) is 0 Å². The Bertz CT molecular complexity index is 1320. The summed E-state index contributed by atoms with van der Waals surface area (Å²) in [5.74, 6) is 2.80. The molecule has 1 aliphatic heterocycles. The summed E-state index contributed by atoms with van der Waals surface area (Å²) in [6.45, 7) is 7.11. The number of pyridine rings is 1. The average molecular weight is 433 g/mol. The third-order valence-corrected chi connectivity index (χ3v) is 5.48. The maximum atomic E-state index is 13.1. The summed E-state index contributed by atoms with van der Waals surface area (Å²) in [7, 11) is 0. The van der Waals surface area contributed by atoms with Gasteiger partial charge in [-0.3, -0.25) is 4.79 Å². The highest BCUT2D eigenvalue weighted by Crippen LogP contribution is 2.32. The molecule has 8 nitrogen and oxygen atoms in total. The number of carbonyl (C=O) groups is 1. The molecule has 4 heterocycles. The highest BCUT2D eigenvalue weighted by atomic mass is 16.6. The molecule has 0 aliphatic carbocycles. The summed E-state index contributed by atoms with van der Waals surface area (Å²) < 4.78 is 22.2. The Morgan fingerprint density at radius 2 is 1.88 bits per heavy atom. The molecule has 4 aromatic rings. The molecule has 1 N–H and O–H groups in total. The van der Waals surface area contributed by atoms with Crippen LogP contribution in [0.2, 0.25) is 0 Å². The number of hydrogen-bond donors (Lipinski definition) is 1. The van der Waals surface area contributed by atoms with E-state index in [9.17, 15) is 4.79 Å². The average Bonchev–Trinajstić information content (AvgIpc) is 3.34. The molecule has 0 atom stereocenters. The third-order valence-electron chi connectivity index (χ3n) is 5.48. The Kier molecular flexibility index (Phi) is 5.05. The molecule has 164 valence electrons. The van der Waals surface area contributed by atoms with E-state index in [4.69, 9.17) is 18.4 Å². The number of nitrogens with one attached hydrogen (secondary N) is 1. The van der Waals surface area contributed by atoms with E-state index < -0.39 is 0 Å². The van der Waals surface area contributed by atoms with Crippen molar-refractivity contribution in [1.82, 2.24) is 15.5 Å². The molecular formula is C24H23N3O5. The van der Waals surface area contributed by atoms with Crippen molar-refractivity contribution in [3.05, 3.63) is 58.7 Å². The van der Waals surface area contributed by atoms with Gasteiger partial charge in [-0.05, 0) is 57.0 Å². The minimum absolute atomic E-state index is 0.208. The van der Waals surface area contributed by atoms with Gasteiger partial charge in [-0.2, -0.15) is 0 Å². The first-order chi connectivity index (χ1) is 15.5. The number of furan rings is 1. The quantitative estimate of drug-likeness (QED) is 0.505. The first kappa shape index (κ1) is 20.1. The summed E-state index contributed by atoms with van der Waals surface area (Å²) >= 11 is 0. The summed E-state index contributed by atoms with van der Waals surface area (Å²) in [5, 5.41) is 7.62. The van der Waals surface area contributed by atoms with Gasteiger partial charge in [0.25, 0.3) is 11.6 Å². The van der Waals surface area contributed by atoms with Gasteiger partial charge >= 0.3 is 0 Å². The van der Waals surface area contributed by atoms with Crippen molar-refractivity contribution in [2.75, 3.05) is 19.8 Å². The molecule has 0 saturated carbocycles. The fourth-order valence-electron chi connectivity index (χ4n) is 3.96. The summed E-state index contributed by atoms with van der Waals surface area (Å²) in [4.78, 5) is 17.7. The maximum Gasteiger partial charge on any atom is 0.259 e. The number of aryl methyl sites for hydroxylation is 3. The van der Waals surface area contributed by atoms with Gasteiger partial charge in [-0.25, -0.2) is 4.98 Å². The molecule has 32 heavy (non-hydrogen) atoms. The fraction of sp³-hybridized carbons (Fsp3) is 0.292.